The van der Waals surface area contributed by atoms with Crippen molar-refractivity contribution in [3.8, 4) is 16.9 Å². The number of aromatic nitrogens is 3. The average Bonchev–Trinajstić information content (AvgIpc) is 2.95. The second-order valence-corrected chi connectivity index (χ2v) is 8.50. The first-order chi connectivity index (χ1) is 15.4. The van der Waals surface area contributed by atoms with Crippen molar-refractivity contribution in [3.63, 3.8) is 0 Å². The molecule has 0 saturated heterocycles. The van der Waals surface area contributed by atoms with Gasteiger partial charge in [0, 0.05) is 31.1 Å². The van der Waals surface area contributed by atoms with Gasteiger partial charge in [-0.2, -0.15) is 5.10 Å². The summed E-state index contributed by atoms with van der Waals surface area (Å²) >= 11 is 0. The Balaban J connectivity index is 1.37. The number of benzene rings is 2. The van der Waals surface area contributed by atoms with Gasteiger partial charge in [-0.25, -0.2) is 9.48 Å². The van der Waals surface area contributed by atoms with E-state index in [1.54, 1.807) is 21.4 Å². The van der Waals surface area contributed by atoms with Crippen molar-refractivity contribution in [3.05, 3.63) is 70.4 Å². The number of carbonyl (C=O) groups is 1. The lowest BCUT2D eigenvalue weighted by atomic mass is 10.0. The van der Waals surface area contributed by atoms with Crippen molar-refractivity contribution in [1.29, 1.82) is 0 Å². The lowest BCUT2D eigenvalue weighted by Crippen LogP contribution is -2.36. The van der Waals surface area contributed by atoms with Crippen LogP contribution in [0, 0.1) is 0 Å². The highest BCUT2D eigenvalue weighted by Gasteiger charge is 2.22. The highest BCUT2D eigenvalue weighted by atomic mass is 16.3. The molecule has 2 heterocycles. The molecule has 0 aliphatic carbocycles. The average molecular weight is 436 g/mol. The van der Waals surface area contributed by atoms with Gasteiger partial charge in [0.15, 0.2) is 0 Å². The van der Waals surface area contributed by atoms with Crippen LogP contribution in [0.4, 0.5) is 0 Å². The number of hydrogen-bond acceptors (Lipinski definition) is 5. The first kappa shape index (κ1) is 21.8. The highest BCUT2D eigenvalue weighted by molar-refractivity contribution is 5.94. The molecule has 8 nitrogen and oxygen atoms in total. The van der Waals surface area contributed by atoms with E-state index in [0.717, 1.165) is 29.9 Å². The maximum atomic E-state index is 12.8. The van der Waals surface area contributed by atoms with Crippen molar-refractivity contribution in [1.82, 2.24) is 24.6 Å². The van der Waals surface area contributed by atoms with Crippen LogP contribution in [0.25, 0.3) is 11.1 Å². The quantitative estimate of drug-likeness (QED) is 0.619. The van der Waals surface area contributed by atoms with Gasteiger partial charge in [0.2, 0.25) is 0 Å². The lowest BCUT2D eigenvalue weighted by molar-refractivity contribution is 0.0933. The lowest BCUT2D eigenvalue weighted by Gasteiger charge is -2.16. The Bertz CT molecular complexity index is 1130. The summed E-state index contributed by atoms with van der Waals surface area (Å²) in [6, 6.07) is 14.4. The van der Waals surface area contributed by atoms with E-state index in [4.69, 9.17) is 0 Å². The molecule has 0 fully saturated rings. The topological polar surface area (TPSA) is 92.4 Å². The number of phenolic OH excluding ortho intramolecular Hbond substituents is 1. The van der Waals surface area contributed by atoms with E-state index in [1.165, 1.54) is 0 Å². The van der Waals surface area contributed by atoms with E-state index in [1.807, 2.05) is 55.4 Å². The molecule has 2 N–H and O–H groups in total. The fourth-order valence-corrected chi connectivity index (χ4v) is 3.95. The molecule has 1 atom stereocenters. The van der Waals surface area contributed by atoms with Crippen LogP contribution < -0.4 is 11.0 Å². The number of phenols is 1. The van der Waals surface area contributed by atoms with Gasteiger partial charge in [0.05, 0.1) is 6.54 Å². The van der Waals surface area contributed by atoms with E-state index in [9.17, 15) is 14.7 Å². The maximum absolute atomic E-state index is 12.8. The second-order valence-electron chi connectivity index (χ2n) is 8.50. The maximum Gasteiger partial charge on any atom is 0.345 e. The number of carbonyl (C=O) groups excluding carboxylic acids is 1. The Hall–Kier alpha value is -3.39. The third-order valence-corrected chi connectivity index (χ3v) is 5.86. The molecule has 3 aromatic rings. The number of fused-ring (bicyclic) bond motifs is 1. The monoisotopic (exact) mass is 435 g/mol. The second kappa shape index (κ2) is 9.40. The zero-order chi connectivity index (χ0) is 22.7. The minimum atomic E-state index is -0.116. The Kier molecular flexibility index (Phi) is 6.41. The van der Waals surface area contributed by atoms with Crippen LogP contribution in [0.5, 0.6) is 5.75 Å². The number of aromatic hydroxyl groups is 1. The van der Waals surface area contributed by atoms with Gasteiger partial charge < -0.3 is 15.3 Å². The molecule has 1 aliphatic heterocycles. The first-order valence-corrected chi connectivity index (χ1v) is 10.9. The fourth-order valence-electron chi connectivity index (χ4n) is 3.95. The summed E-state index contributed by atoms with van der Waals surface area (Å²) in [7, 11) is 3.94. The van der Waals surface area contributed by atoms with Crippen molar-refractivity contribution >= 4 is 5.91 Å². The van der Waals surface area contributed by atoms with E-state index < -0.39 is 0 Å². The summed E-state index contributed by atoms with van der Waals surface area (Å²) in [5.74, 6) is 0.904. The molecule has 0 saturated carbocycles. The molecule has 1 aliphatic rings. The smallest absolute Gasteiger partial charge is 0.345 e. The summed E-state index contributed by atoms with van der Waals surface area (Å²) in [4.78, 5) is 27.4. The summed E-state index contributed by atoms with van der Waals surface area (Å²) in [5, 5.41) is 17.1. The Morgan fingerprint density at radius 2 is 1.75 bits per heavy atom. The fraction of sp³-hybridized carbons (Fsp3) is 0.375. The minimum absolute atomic E-state index is 0.00407. The first-order valence-electron chi connectivity index (χ1n) is 10.9. The standard InChI is InChI=1S/C24H29N5O3/c1-27(2)15-16-29-24(32)28-14-13-20(9-12-22(28)26-29)25-23(31)19-5-3-17(4-6-19)18-7-10-21(30)11-8-18/h3-8,10-11,20,30H,9,12-16H2,1-2H3,(H,25,31). The number of nitrogens with zero attached hydrogens (tertiary/aromatic N) is 4. The molecule has 4 rings (SSSR count). The Morgan fingerprint density at radius 1 is 1.09 bits per heavy atom. The van der Waals surface area contributed by atoms with Crippen LogP contribution in [0.3, 0.4) is 0 Å². The van der Waals surface area contributed by atoms with Gasteiger partial charge in [-0.05, 0) is 62.3 Å². The SMILES string of the molecule is CN(C)CCn1nc2n(c1=O)CCC(NC(=O)c1ccc(-c3ccc(O)cc3)cc1)CC2. The van der Waals surface area contributed by atoms with E-state index in [0.29, 0.717) is 31.5 Å². The summed E-state index contributed by atoms with van der Waals surface area (Å²) < 4.78 is 3.29. The molecular weight excluding hydrogens is 406 g/mol. The third kappa shape index (κ3) is 4.91. The minimum Gasteiger partial charge on any atom is -0.508 e. The van der Waals surface area contributed by atoms with Crippen molar-refractivity contribution < 1.29 is 9.90 Å². The van der Waals surface area contributed by atoms with Crippen LogP contribution in [0.1, 0.15) is 29.0 Å². The summed E-state index contributed by atoms with van der Waals surface area (Å²) in [5.41, 5.74) is 2.48. The van der Waals surface area contributed by atoms with Crippen LogP contribution in [-0.4, -0.2) is 56.9 Å². The largest absolute Gasteiger partial charge is 0.508 e. The molecule has 8 heteroatoms. The number of likely N-dealkylation sites (N-methyl/N-ethyl adjacent to an activating group) is 1. The van der Waals surface area contributed by atoms with Gasteiger partial charge in [0.1, 0.15) is 11.6 Å². The molecule has 32 heavy (non-hydrogen) atoms. The molecule has 1 amide bonds. The number of hydrogen-bond donors (Lipinski definition) is 2. The number of rotatable bonds is 6. The van der Waals surface area contributed by atoms with Crippen LogP contribution in [0.15, 0.2) is 53.3 Å². The van der Waals surface area contributed by atoms with Gasteiger partial charge >= 0.3 is 5.69 Å². The predicted octanol–water partition coefficient (Wildman–Crippen LogP) is 2.11. The summed E-state index contributed by atoms with van der Waals surface area (Å²) in [6.45, 7) is 1.90. The van der Waals surface area contributed by atoms with Crippen molar-refractivity contribution in [2.45, 2.75) is 38.4 Å². The number of amides is 1. The van der Waals surface area contributed by atoms with Crippen LogP contribution in [0.2, 0.25) is 0 Å². The molecule has 2 aromatic carbocycles. The van der Waals surface area contributed by atoms with E-state index in [2.05, 4.69) is 10.4 Å². The predicted molar refractivity (Wildman–Crippen MR) is 123 cm³/mol. The third-order valence-electron chi connectivity index (χ3n) is 5.86. The molecule has 168 valence electrons. The molecular formula is C24H29N5O3. The van der Waals surface area contributed by atoms with Gasteiger partial charge in [-0.3, -0.25) is 9.36 Å². The highest BCUT2D eigenvalue weighted by Crippen LogP contribution is 2.22. The number of aryl methyl sites for hydroxylation is 1. The van der Waals surface area contributed by atoms with Gasteiger partial charge in [-0.15, -0.1) is 0 Å². The molecule has 1 aromatic heterocycles. The van der Waals surface area contributed by atoms with Crippen LogP contribution >= 0.6 is 0 Å². The van der Waals surface area contributed by atoms with Gasteiger partial charge in [-0.1, -0.05) is 24.3 Å². The summed E-state index contributed by atoms with van der Waals surface area (Å²) in [6.07, 6.45) is 2.11. The zero-order valence-electron chi connectivity index (χ0n) is 18.5. The normalized spacial score (nSPS) is 15.9. The molecule has 0 bridgehead atoms. The zero-order valence-corrected chi connectivity index (χ0v) is 18.5. The Labute approximate surface area is 187 Å². The van der Waals surface area contributed by atoms with Crippen LogP contribution in [-0.2, 0) is 19.5 Å². The van der Waals surface area contributed by atoms with Crippen molar-refractivity contribution in [2.24, 2.45) is 0 Å². The van der Waals surface area contributed by atoms with Crippen molar-refractivity contribution in [2.75, 3.05) is 20.6 Å². The molecule has 1 unspecified atom stereocenters. The van der Waals surface area contributed by atoms with E-state index in [-0.39, 0.29) is 23.4 Å². The molecule has 0 spiro atoms. The van der Waals surface area contributed by atoms with Gasteiger partial charge in [0.25, 0.3) is 5.91 Å². The van der Waals surface area contributed by atoms with E-state index >= 15 is 0 Å². The number of nitrogens with one attached hydrogen (secondary N) is 1. The molecule has 0 radical (unpaired) electrons. The Morgan fingerprint density at radius 3 is 2.41 bits per heavy atom.